The van der Waals surface area contributed by atoms with Gasteiger partial charge in [0.1, 0.15) is 11.5 Å². The van der Waals surface area contributed by atoms with Gasteiger partial charge in [-0.1, -0.05) is 84.9 Å². The first-order chi connectivity index (χ1) is 23.7. The molecule has 226 valence electrons. The molecule has 8 aromatic rings. The number of hydrogen-bond donors (Lipinski definition) is 0. The van der Waals surface area contributed by atoms with Gasteiger partial charge in [0.25, 0.3) is 0 Å². The first-order valence-electron chi connectivity index (χ1n) is 16.0. The van der Waals surface area contributed by atoms with Gasteiger partial charge in [0, 0.05) is 27.6 Å². The van der Waals surface area contributed by atoms with Gasteiger partial charge in [-0.15, -0.1) is 0 Å². The standard InChI is InChI=1S/C44H28N2O2/c45-27-29-15-19-42-39(21-29)37-13-7-8-14-41(37)46(42)36-17-20-43-40(26-36)38-18-16-32(25-44(38)48-28-47-43)35-23-33(30-9-3-1-4-10-30)22-34(24-35)31-11-5-2-6-12-31/h1-26H,28H2. The molecule has 0 aliphatic carbocycles. The first kappa shape index (κ1) is 27.7. The Kier molecular flexibility index (Phi) is 6.55. The third-order valence-corrected chi connectivity index (χ3v) is 9.20. The van der Waals surface area contributed by atoms with E-state index in [-0.39, 0.29) is 6.79 Å². The summed E-state index contributed by atoms with van der Waals surface area (Å²) in [7, 11) is 0. The van der Waals surface area contributed by atoms with Crippen molar-refractivity contribution in [1.82, 2.24) is 4.57 Å². The Hall–Kier alpha value is -6.57. The van der Waals surface area contributed by atoms with Crippen LogP contribution in [0.4, 0.5) is 0 Å². The van der Waals surface area contributed by atoms with E-state index in [4.69, 9.17) is 9.47 Å². The highest BCUT2D eigenvalue weighted by atomic mass is 16.7. The van der Waals surface area contributed by atoms with Crippen molar-refractivity contribution in [2.24, 2.45) is 0 Å². The molecule has 9 rings (SSSR count). The van der Waals surface area contributed by atoms with Crippen LogP contribution in [0.1, 0.15) is 5.56 Å². The van der Waals surface area contributed by atoms with Crippen molar-refractivity contribution in [2.45, 2.75) is 0 Å². The average Bonchev–Trinajstić information content (AvgIpc) is 3.37. The maximum Gasteiger partial charge on any atom is 0.230 e. The summed E-state index contributed by atoms with van der Waals surface area (Å²) in [6.07, 6.45) is 0. The van der Waals surface area contributed by atoms with Crippen molar-refractivity contribution in [2.75, 3.05) is 6.79 Å². The molecule has 0 fully saturated rings. The average molecular weight is 617 g/mol. The molecular weight excluding hydrogens is 588 g/mol. The van der Waals surface area contributed by atoms with E-state index in [9.17, 15) is 5.26 Å². The van der Waals surface area contributed by atoms with E-state index in [2.05, 4.69) is 126 Å². The minimum absolute atomic E-state index is 0.119. The number of ether oxygens (including phenoxy) is 2. The molecule has 4 heteroatoms. The van der Waals surface area contributed by atoms with Gasteiger partial charge in [-0.3, -0.25) is 0 Å². The molecule has 0 N–H and O–H groups in total. The van der Waals surface area contributed by atoms with E-state index in [1.54, 1.807) is 0 Å². The Morgan fingerprint density at radius 2 is 1.10 bits per heavy atom. The molecule has 4 nitrogen and oxygen atoms in total. The number of hydrogen-bond acceptors (Lipinski definition) is 3. The lowest BCUT2D eigenvalue weighted by molar-refractivity contribution is 0.125. The topological polar surface area (TPSA) is 47.2 Å². The monoisotopic (exact) mass is 616 g/mol. The number of fused-ring (bicyclic) bond motifs is 6. The van der Waals surface area contributed by atoms with Crippen molar-refractivity contribution in [1.29, 1.82) is 5.26 Å². The maximum absolute atomic E-state index is 9.59. The predicted octanol–water partition coefficient (Wildman–Crippen LogP) is 11.1. The number of para-hydroxylation sites is 1. The molecule has 1 aliphatic rings. The van der Waals surface area contributed by atoms with Crippen LogP contribution in [0.5, 0.6) is 11.5 Å². The second-order valence-electron chi connectivity index (χ2n) is 12.0. The number of benzene rings is 7. The molecule has 0 saturated carbocycles. The fraction of sp³-hybridized carbons (Fsp3) is 0.0227. The zero-order valence-electron chi connectivity index (χ0n) is 25.9. The Bertz CT molecular complexity index is 2490. The van der Waals surface area contributed by atoms with Gasteiger partial charge >= 0.3 is 0 Å². The van der Waals surface area contributed by atoms with Gasteiger partial charge in [0.2, 0.25) is 6.79 Å². The molecule has 48 heavy (non-hydrogen) atoms. The van der Waals surface area contributed by atoms with Gasteiger partial charge in [-0.05, 0) is 106 Å². The fourth-order valence-electron chi connectivity index (χ4n) is 6.90. The second-order valence-corrected chi connectivity index (χ2v) is 12.0. The van der Waals surface area contributed by atoms with Gasteiger partial charge in [-0.25, -0.2) is 0 Å². The second kappa shape index (κ2) is 11.3. The Balaban J connectivity index is 1.18. The number of nitriles is 1. The lowest BCUT2D eigenvalue weighted by Crippen LogP contribution is -2.03. The number of rotatable bonds is 4. The lowest BCUT2D eigenvalue weighted by atomic mass is 9.92. The van der Waals surface area contributed by atoms with Crippen molar-refractivity contribution in [3.05, 3.63) is 163 Å². The lowest BCUT2D eigenvalue weighted by Gasteiger charge is -2.14. The van der Waals surface area contributed by atoms with E-state index < -0.39 is 0 Å². The molecule has 0 radical (unpaired) electrons. The molecule has 0 saturated heterocycles. The van der Waals surface area contributed by atoms with E-state index >= 15 is 0 Å². The SMILES string of the molecule is N#Cc1ccc2c(c1)c1ccccc1n2-c1ccc2c(c1)-c1ccc(-c3cc(-c4ccccc4)cc(-c4ccccc4)c3)cc1OCO2. The minimum Gasteiger partial charge on any atom is -0.457 e. The van der Waals surface area contributed by atoms with E-state index in [0.717, 1.165) is 72.4 Å². The van der Waals surface area contributed by atoms with E-state index in [0.29, 0.717) is 5.56 Å². The minimum atomic E-state index is 0.119. The van der Waals surface area contributed by atoms with E-state index in [1.807, 2.05) is 42.5 Å². The largest absolute Gasteiger partial charge is 0.457 e. The maximum atomic E-state index is 9.59. The first-order valence-corrected chi connectivity index (χ1v) is 16.0. The van der Waals surface area contributed by atoms with E-state index in [1.165, 1.54) is 11.1 Å². The Morgan fingerprint density at radius 3 is 1.83 bits per heavy atom. The third-order valence-electron chi connectivity index (χ3n) is 9.20. The summed E-state index contributed by atoms with van der Waals surface area (Å²) in [4.78, 5) is 0. The molecule has 7 aromatic carbocycles. The van der Waals surface area contributed by atoms with Crippen LogP contribution >= 0.6 is 0 Å². The van der Waals surface area contributed by atoms with Gasteiger partial charge < -0.3 is 14.0 Å². The highest BCUT2D eigenvalue weighted by Gasteiger charge is 2.20. The van der Waals surface area contributed by atoms with Crippen molar-refractivity contribution in [3.63, 3.8) is 0 Å². The van der Waals surface area contributed by atoms with Crippen LogP contribution in [0.25, 0.3) is 72.0 Å². The molecule has 0 atom stereocenters. The molecule has 0 bridgehead atoms. The van der Waals surface area contributed by atoms with Crippen LogP contribution in [-0.2, 0) is 0 Å². The molecule has 1 aliphatic heterocycles. The Morgan fingerprint density at radius 1 is 0.458 bits per heavy atom. The van der Waals surface area contributed by atoms with Gasteiger partial charge in [0.15, 0.2) is 0 Å². The summed E-state index contributed by atoms with van der Waals surface area (Å²) >= 11 is 0. The molecule has 2 heterocycles. The zero-order valence-corrected chi connectivity index (χ0v) is 25.9. The number of nitrogens with zero attached hydrogens (tertiary/aromatic N) is 2. The third kappa shape index (κ3) is 4.69. The van der Waals surface area contributed by atoms with Crippen LogP contribution in [0.2, 0.25) is 0 Å². The van der Waals surface area contributed by atoms with Gasteiger partial charge in [-0.2, -0.15) is 5.26 Å². The summed E-state index contributed by atoms with van der Waals surface area (Å²) in [6.45, 7) is 0.119. The highest BCUT2D eigenvalue weighted by Crippen LogP contribution is 2.44. The highest BCUT2D eigenvalue weighted by molar-refractivity contribution is 6.09. The molecule has 0 amide bonds. The quantitative estimate of drug-likeness (QED) is 0.198. The predicted molar refractivity (Wildman–Crippen MR) is 193 cm³/mol. The van der Waals surface area contributed by atoms with Gasteiger partial charge in [0.05, 0.1) is 22.7 Å². The number of aromatic nitrogens is 1. The molecule has 0 unspecified atom stereocenters. The summed E-state index contributed by atoms with van der Waals surface area (Å²) in [5, 5.41) is 11.7. The summed E-state index contributed by atoms with van der Waals surface area (Å²) < 4.78 is 14.7. The normalized spacial score (nSPS) is 12.0. The van der Waals surface area contributed by atoms with Crippen LogP contribution in [0, 0.1) is 11.3 Å². The summed E-state index contributed by atoms with van der Waals surface area (Å²) in [5.74, 6) is 1.55. The van der Waals surface area contributed by atoms with Crippen LogP contribution in [-0.4, -0.2) is 11.4 Å². The zero-order chi connectivity index (χ0) is 32.0. The van der Waals surface area contributed by atoms with Crippen LogP contribution in [0.15, 0.2) is 158 Å². The summed E-state index contributed by atoms with van der Waals surface area (Å²) in [6, 6.07) is 57.0. The van der Waals surface area contributed by atoms with Crippen LogP contribution in [0.3, 0.4) is 0 Å². The van der Waals surface area contributed by atoms with Crippen molar-refractivity contribution in [3.8, 4) is 67.8 Å². The fourth-order valence-corrected chi connectivity index (χ4v) is 6.90. The Labute approximate surface area is 278 Å². The molecular formula is C44H28N2O2. The van der Waals surface area contributed by atoms with Crippen LogP contribution < -0.4 is 9.47 Å². The molecule has 0 spiro atoms. The molecule has 1 aromatic heterocycles. The summed E-state index contributed by atoms with van der Waals surface area (Å²) in [5.41, 5.74) is 12.6. The smallest absolute Gasteiger partial charge is 0.230 e. The van der Waals surface area contributed by atoms with Crippen molar-refractivity contribution < 1.29 is 9.47 Å². The van der Waals surface area contributed by atoms with Crippen molar-refractivity contribution >= 4 is 21.8 Å².